The number of hydrogen-bond acceptors (Lipinski definition) is 3. The smallest absolute Gasteiger partial charge is 0.251 e. The fraction of sp³-hybridized carbons (Fsp3) is 0.667. The summed E-state index contributed by atoms with van der Waals surface area (Å²) in [4.78, 5) is 12.9. The number of rotatable bonds is 6. The van der Waals surface area contributed by atoms with Gasteiger partial charge in [0, 0.05) is 24.7 Å². The summed E-state index contributed by atoms with van der Waals surface area (Å²) in [5.74, 6) is 1.52. The number of benzene rings is 1. The fourth-order valence-corrected chi connectivity index (χ4v) is 6.22. The Balaban J connectivity index is 1.62. The molecule has 2 fully saturated rings. The summed E-state index contributed by atoms with van der Waals surface area (Å²) in [5, 5.41) is 3.17. The van der Waals surface area contributed by atoms with Crippen molar-refractivity contribution in [3.05, 3.63) is 29.8 Å². The highest BCUT2D eigenvalue weighted by molar-refractivity contribution is 7.89. The van der Waals surface area contributed by atoms with Crippen LogP contribution >= 0.6 is 0 Å². The Bertz CT molecular complexity index is 741. The zero-order valence-electron chi connectivity index (χ0n) is 16.5. The molecule has 0 spiro atoms. The minimum absolute atomic E-state index is 0.0963. The van der Waals surface area contributed by atoms with E-state index in [9.17, 15) is 13.2 Å². The number of nitrogens with one attached hydrogen (secondary N) is 1. The largest absolute Gasteiger partial charge is 0.349 e. The molecule has 6 heteroatoms. The minimum atomic E-state index is -3.48. The normalized spacial score (nSPS) is 25.8. The Morgan fingerprint density at radius 2 is 1.63 bits per heavy atom. The molecule has 150 valence electrons. The van der Waals surface area contributed by atoms with Crippen molar-refractivity contribution in [3.8, 4) is 0 Å². The van der Waals surface area contributed by atoms with E-state index >= 15 is 0 Å². The SMILES string of the molecule is CCN(CC)S(=O)(=O)c1ccc(C(=O)NC2CCC3CCCCC3C2)cc1. The van der Waals surface area contributed by atoms with Gasteiger partial charge in [0.2, 0.25) is 10.0 Å². The lowest BCUT2D eigenvalue weighted by molar-refractivity contribution is 0.0879. The first-order valence-corrected chi connectivity index (χ1v) is 11.8. The van der Waals surface area contributed by atoms with Crippen molar-refractivity contribution in [2.45, 2.75) is 69.7 Å². The summed E-state index contributed by atoms with van der Waals surface area (Å²) in [6, 6.07) is 6.58. The fourth-order valence-electron chi connectivity index (χ4n) is 4.76. The summed E-state index contributed by atoms with van der Waals surface area (Å²) in [6.45, 7) is 4.52. The number of hydrogen-bond donors (Lipinski definition) is 1. The van der Waals surface area contributed by atoms with Gasteiger partial charge in [-0.1, -0.05) is 39.5 Å². The van der Waals surface area contributed by atoms with E-state index in [1.54, 1.807) is 24.3 Å². The maximum absolute atomic E-state index is 12.6. The third-order valence-corrected chi connectivity index (χ3v) is 8.40. The summed E-state index contributed by atoms with van der Waals surface area (Å²) in [5.41, 5.74) is 0.527. The third kappa shape index (κ3) is 4.54. The number of carbonyl (C=O) groups is 1. The Kier molecular flexibility index (Phi) is 6.58. The summed E-state index contributed by atoms with van der Waals surface area (Å²) >= 11 is 0. The molecule has 1 N–H and O–H groups in total. The topological polar surface area (TPSA) is 66.5 Å². The Morgan fingerprint density at radius 3 is 2.26 bits per heavy atom. The van der Waals surface area contributed by atoms with Gasteiger partial charge >= 0.3 is 0 Å². The molecule has 1 aromatic rings. The quantitative estimate of drug-likeness (QED) is 0.801. The van der Waals surface area contributed by atoms with Crippen molar-refractivity contribution < 1.29 is 13.2 Å². The Labute approximate surface area is 163 Å². The van der Waals surface area contributed by atoms with E-state index in [0.29, 0.717) is 18.7 Å². The van der Waals surface area contributed by atoms with Crippen molar-refractivity contribution in [2.24, 2.45) is 11.8 Å². The van der Waals surface area contributed by atoms with E-state index in [-0.39, 0.29) is 16.8 Å². The first-order chi connectivity index (χ1) is 13.0. The molecule has 0 aliphatic heterocycles. The number of amides is 1. The van der Waals surface area contributed by atoms with Gasteiger partial charge in [0.15, 0.2) is 0 Å². The van der Waals surface area contributed by atoms with Crippen LogP contribution in [0.2, 0.25) is 0 Å². The van der Waals surface area contributed by atoms with E-state index in [2.05, 4.69) is 5.32 Å². The predicted octanol–water partition coefficient (Wildman–Crippen LogP) is 3.81. The Hall–Kier alpha value is -1.40. The zero-order chi connectivity index (χ0) is 19.4. The van der Waals surface area contributed by atoms with Crippen LogP contribution in [0.4, 0.5) is 0 Å². The maximum Gasteiger partial charge on any atom is 0.251 e. The molecular formula is C21H32N2O3S. The number of sulfonamides is 1. The van der Waals surface area contributed by atoms with Crippen molar-refractivity contribution in [1.29, 1.82) is 0 Å². The highest BCUT2D eigenvalue weighted by Gasteiger charge is 2.32. The molecule has 0 heterocycles. The molecule has 0 aromatic heterocycles. The van der Waals surface area contributed by atoms with E-state index in [0.717, 1.165) is 24.7 Å². The molecule has 5 nitrogen and oxygen atoms in total. The van der Waals surface area contributed by atoms with E-state index < -0.39 is 10.0 Å². The molecule has 3 unspecified atom stereocenters. The van der Waals surface area contributed by atoms with Crippen molar-refractivity contribution in [2.75, 3.05) is 13.1 Å². The van der Waals surface area contributed by atoms with Crippen LogP contribution in [0.15, 0.2) is 29.2 Å². The van der Waals surface area contributed by atoms with Gasteiger partial charge in [0.1, 0.15) is 0 Å². The molecule has 3 rings (SSSR count). The van der Waals surface area contributed by atoms with Crippen LogP contribution in [-0.4, -0.2) is 37.8 Å². The Morgan fingerprint density at radius 1 is 1.00 bits per heavy atom. The van der Waals surface area contributed by atoms with Crippen LogP contribution in [0.5, 0.6) is 0 Å². The molecule has 1 aromatic carbocycles. The van der Waals surface area contributed by atoms with E-state index in [4.69, 9.17) is 0 Å². The van der Waals surface area contributed by atoms with Gasteiger partial charge in [-0.15, -0.1) is 0 Å². The first-order valence-electron chi connectivity index (χ1n) is 10.4. The van der Waals surface area contributed by atoms with Crippen molar-refractivity contribution in [3.63, 3.8) is 0 Å². The molecule has 0 radical (unpaired) electrons. The van der Waals surface area contributed by atoms with E-state index in [1.807, 2.05) is 13.8 Å². The average molecular weight is 393 g/mol. The molecule has 27 heavy (non-hydrogen) atoms. The lowest BCUT2D eigenvalue weighted by atomic mass is 9.69. The molecule has 0 bridgehead atoms. The predicted molar refractivity (Wildman–Crippen MR) is 107 cm³/mol. The minimum Gasteiger partial charge on any atom is -0.349 e. The van der Waals surface area contributed by atoms with Crippen LogP contribution in [0.3, 0.4) is 0 Å². The number of nitrogens with zero attached hydrogens (tertiary/aromatic N) is 1. The molecule has 1 amide bonds. The van der Waals surface area contributed by atoms with Gasteiger partial charge in [-0.3, -0.25) is 4.79 Å². The molecule has 2 aliphatic rings. The second-order valence-corrected chi connectivity index (χ2v) is 9.84. The summed E-state index contributed by atoms with van der Waals surface area (Å²) in [6.07, 6.45) is 8.71. The number of fused-ring (bicyclic) bond motifs is 1. The van der Waals surface area contributed by atoms with Gasteiger partial charge in [-0.25, -0.2) is 8.42 Å². The summed E-state index contributed by atoms with van der Waals surface area (Å²) < 4.78 is 26.5. The first kappa shape index (κ1) is 20.3. The maximum atomic E-state index is 12.6. The molecule has 3 atom stereocenters. The van der Waals surface area contributed by atoms with Crippen molar-refractivity contribution in [1.82, 2.24) is 9.62 Å². The average Bonchev–Trinajstić information content (AvgIpc) is 2.68. The van der Waals surface area contributed by atoms with Gasteiger partial charge in [-0.05, 0) is 55.4 Å². The monoisotopic (exact) mass is 392 g/mol. The second-order valence-electron chi connectivity index (χ2n) is 7.90. The molecule has 0 saturated heterocycles. The van der Waals surface area contributed by atoms with Crippen molar-refractivity contribution >= 4 is 15.9 Å². The van der Waals surface area contributed by atoms with E-state index in [1.165, 1.54) is 36.4 Å². The lowest BCUT2D eigenvalue weighted by Gasteiger charge is -2.39. The number of carbonyl (C=O) groups excluding carboxylic acids is 1. The van der Waals surface area contributed by atoms with Crippen LogP contribution < -0.4 is 5.32 Å². The second kappa shape index (κ2) is 8.74. The zero-order valence-corrected chi connectivity index (χ0v) is 17.3. The molecular weight excluding hydrogens is 360 g/mol. The van der Waals surface area contributed by atoms with Crippen LogP contribution in [0.25, 0.3) is 0 Å². The van der Waals surface area contributed by atoms with Gasteiger partial charge in [0.05, 0.1) is 4.90 Å². The highest BCUT2D eigenvalue weighted by Crippen LogP contribution is 2.40. The van der Waals surface area contributed by atoms with Crippen LogP contribution in [0, 0.1) is 11.8 Å². The molecule has 2 aliphatic carbocycles. The van der Waals surface area contributed by atoms with Crippen LogP contribution in [-0.2, 0) is 10.0 Å². The van der Waals surface area contributed by atoms with Gasteiger partial charge in [0.25, 0.3) is 5.91 Å². The highest BCUT2D eigenvalue weighted by atomic mass is 32.2. The molecule has 2 saturated carbocycles. The third-order valence-electron chi connectivity index (χ3n) is 6.33. The standard InChI is InChI=1S/C21H32N2O3S/c1-3-23(4-2)27(25,26)20-13-10-17(11-14-20)21(24)22-19-12-9-16-7-5-6-8-18(16)15-19/h10-11,13-14,16,18-19H,3-9,12,15H2,1-2H3,(H,22,24). The van der Waals surface area contributed by atoms with Crippen LogP contribution in [0.1, 0.15) is 69.2 Å². The van der Waals surface area contributed by atoms with Gasteiger partial charge < -0.3 is 5.32 Å². The van der Waals surface area contributed by atoms with Gasteiger partial charge in [-0.2, -0.15) is 4.31 Å². The lowest BCUT2D eigenvalue weighted by Crippen LogP contribution is -2.41. The summed E-state index contributed by atoms with van der Waals surface area (Å²) in [7, 11) is -3.48.